The zero-order valence-corrected chi connectivity index (χ0v) is 21.1. The summed E-state index contributed by atoms with van der Waals surface area (Å²) in [5.74, 6) is 0.907. The van der Waals surface area contributed by atoms with E-state index in [0.29, 0.717) is 6.61 Å². The standard InChI is InChI=1S/C25H24Br2N2O.ClH/c26-18-7-8-19-17(15-18)6-9-23(25(19)27)30-14-2-4-16-3-1-5-22-24(16)20-10-12-28-13-11-21(20)29-22;/h1,3,5-9,15,28-29H,2,4,10-14H2;1H. The molecule has 0 radical (unpaired) electrons. The van der Waals surface area contributed by atoms with E-state index in [4.69, 9.17) is 4.74 Å². The number of fused-ring (bicyclic) bond motifs is 4. The van der Waals surface area contributed by atoms with E-state index in [1.807, 2.05) is 0 Å². The van der Waals surface area contributed by atoms with Crippen molar-refractivity contribution in [3.63, 3.8) is 0 Å². The van der Waals surface area contributed by atoms with Gasteiger partial charge in [-0.15, -0.1) is 12.4 Å². The van der Waals surface area contributed by atoms with Gasteiger partial charge in [-0.05, 0) is 87.9 Å². The number of hydrogen-bond acceptors (Lipinski definition) is 2. The zero-order valence-electron chi connectivity index (χ0n) is 17.1. The Morgan fingerprint density at radius 1 is 0.968 bits per heavy atom. The summed E-state index contributed by atoms with van der Waals surface area (Å²) in [6.45, 7) is 2.82. The van der Waals surface area contributed by atoms with Crippen LogP contribution >= 0.6 is 44.3 Å². The summed E-state index contributed by atoms with van der Waals surface area (Å²) in [4.78, 5) is 3.66. The van der Waals surface area contributed by atoms with Gasteiger partial charge >= 0.3 is 0 Å². The molecule has 5 rings (SSSR count). The highest BCUT2D eigenvalue weighted by Crippen LogP contribution is 2.35. The quantitative estimate of drug-likeness (QED) is 0.257. The topological polar surface area (TPSA) is 37.0 Å². The van der Waals surface area contributed by atoms with Crippen molar-refractivity contribution in [2.45, 2.75) is 25.7 Å². The lowest BCUT2D eigenvalue weighted by Crippen LogP contribution is -2.16. The Hall–Kier alpha value is -1.53. The van der Waals surface area contributed by atoms with Crippen molar-refractivity contribution in [1.29, 1.82) is 0 Å². The molecule has 6 heteroatoms. The molecule has 0 atom stereocenters. The molecule has 0 amide bonds. The van der Waals surface area contributed by atoms with E-state index >= 15 is 0 Å². The minimum atomic E-state index is 0. The molecular formula is C25H25Br2ClN2O. The van der Waals surface area contributed by atoms with Gasteiger partial charge in [-0.3, -0.25) is 0 Å². The molecule has 162 valence electrons. The van der Waals surface area contributed by atoms with E-state index < -0.39 is 0 Å². The Kier molecular flexibility index (Phi) is 7.27. The molecule has 0 spiro atoms. The first kappa shape index (κ1) is 22.7. The molecule has 3 aromatic carbocycles. The highest BCUT2D eigenvalue weighted by atomic mass is 79.9. The number of halogens is 3. The number of aromatic amines is 1. The summed E-state index contributed by atoms with van der Waals surface area (Å²) < 4.78 is 8.26. The number of rotatable bonds is 5. The molecule has 1 aromatic heterocycles. The SMILES string of the molecule is Brc1ccc2c(Br)c(OCCCc3cccc4[nH]c5c(c34)CCNCC5)ccc2c1.Cl. The van der Waals surface area contributed by atoms with Gasteiger partial charge in [0.1, 0.15) is 5.75 Å². The van der Waals surface area contributed by atoms with Crippen molar-refractivity contribution in [1.82, 2.24) is 10.3 Å². The second-order valence-corrected chi connectivity index (χ2v) is 9.58. The third kappa shape index (κ3) is 4.65. The van der Waals surface area contributed by atoms with Gasteiger partial charge in [0.25, 0.3) is 0 Å². The number of hydrogen-bond donors (Lipinski definition) is 2. The van der Waals surface area contributed by atoms with Gasteiger partial charge in [-0.1, -0.05) is 40.2 Å². The van der Waals surface area contributed by atoms with Crippen LogP contribution in [0.4, 0.5) is 0 Å². The van der Waals surface area contributed by atoms with E-state index in [9.17, 15) is 0 Å². The van der Waals surface area contributed by atoms with Gasteiger partial charge in [0, 0.05) is 34.0 Å². The first-order chi connectivity index (χ1) is 14.7. The molecule has 0 saturated heterocycles. The lowest BCUT2D eigenvalue weighted by atomic mass is 9.99. The van der Waals surface area contributed by atoms with Crippen LogP contribution in [0.15, 0.2) is 57.5 Å². The Bertz CT molecular complexity index is 1220. The first-order valence-corrected chi connectivity index (χ1v) is 12.1. The van der Waals surface area contributed by atoms with Crippen LogP contribution in [0.25, 0.3) is 21.7 Å². The Labute approximate surface area is 205 Å². The van der Waals surface area contributed by atoms with Crippen LogP contribution in [-0.4, -0.2) is 24.7 Å². The maximum Gasteiger partial charge on any atom is 0.134 e. The molecule has 0 unspecified atom stereocenters. The minimum Gasteiger partial charge on any atom is -0.492 e. The predicted octanol–water partition coefficient (Wildman–Crippen LogP) is 6.97. The Morgan fingerprint density at radius 3 is 2.74 bits per heavy atom. The summed E-state index contributed by atoms with van der Waals surface area (Å²) in [6.07, 6.45) is 4.19. The highest BCUT2D eigenvalue weighted by molar-refractivity contribution is 9.11. The van der Waals surface area contributed by atoms with Crippen molar-refractivity contribution >= 4 is 65.9 Å². The molecule has 0 bridgehead atoms. The molecule has 4 aromatic rings. The van der Waals surface area contributed by atoms with E-state index in [0.717, 1.165) is 53.5 Å². The molecule has 2 heterocycles. The van der Waals surface area contributed by atoms with Gasteiger partial charge in [0.2, 0.25) is 0 Å². The highest BCUT2D eigenvalue weighted by Gasteiger charge is 2.16. The number of aromatic nitrogens is 1. The fourth-order valence-corrected chi connectivity index (χ4v) is 5.48. The molecule has 1 aliphatic rings. The van der Waals surface area contributed by atoms with E-state index in [1.54, 1.807) is 0 Å². The van der Waals surface area contributed by atoms with Crippen molar-refractivity contribution in [2.75, 3.05) is 19.7 Å². The smallest absolute Gasteiger partial charge is 0.134 e. The van der Waals surface area contributed by atoms with Crippen LogP contribution in [0.2, 0.25) is 0 Å². The Morgan fingerprint density at radius 2 is 1.84 bits per heavy atom. The van der Waals surface area contributed by atoms with Gasteiger partial charge in [0.15, 0.2) is 0 Å². The average molecular weight is 565 g/mol. The summed E-state index contributed by atoms with van der Waals surface area (Å²) >= 11 is 7.27. The third-order valence-electron chi connectivity index (χ3n) is 5.93. The second-order valence-electron chi connectivity index (χ2n) is 7.87. The summed E-state index contributed by atoms with van der Waals surface area (Å²) in [5, 5.41) is 7.31. The fraction of sp³-hybridized carbons (Fsp3) is 0.280. The van der Waals surface area contributed by atoms with Crippen LogP contribution in [0.3, 0.4) is 0 Å². The maximum atomic E-state index is 6.15. The number of aryl methyl sites for hydroxylation is 1. The number of H-pyrrole nitrogens is 1. The van der Waals surface area contributed by atoms with E-state index in [-0.39, 0.29) is 12.4 Å². The normalized spacial score (nSPS) is 13.6. The van der Waals surface area contributed by atoms with Crippen molar-refractivity contribution in [2.24, 2.45) is 0 Å². The molecule has 1 aliphatic heterocycles. The van der Waals surface area contributed by atoms with Crippen LogP contribution in [0.5, 0.6) is 5.75 Å². The molecule has 0 fully saturated rings. The molecule has 2 N–H and O–H groups in total. The van der Waals surface area contributed by atoms with Gasteiger partial charge < -0.3 is 15.0 Å². The van der Waals surface area contributed by atoms with Crippen LogP contribution in [0, 0.1) is 0 Å². The van der Waals surface area contributed by atoms with Crippen molar-refractivity contribution < 1.29 is 4.74 Å². The van der Waals surface area contributed by atoms with E-state index in [2.05, 4.69) is 90.7 Å². The molecule has 3 nitrogen and oxygen atoms in total. The number of ether oxygens (including phenoxy) is 1. The minimum absolute atomic E-state index is 0. The largest absolute Gasteiger partial charge is 0.492 e. The van der Waals surface area contributed by atoms with Crippen LogP contribution in [0.1, 0.15) is 23.2 Å². The molecule has 0 aliphatic carbocycles. The summed E-state index contributed by atoms with van der Waals surface area (Å²) in [5.41, 5.74) is 5.63. The van der Waals surface area contributed by atoms with Gasteiger partial charge in [-0.2, -0.15) is 0 Å². The number of benzene rings is 3. The molecular weight excluding hydrogens is 540 g/mol. The lowest BCUT2D eigenvalue weighted by molar-refractivity contribution is 0.310. The third-order valence-corrected chi connectivity index (χ3v) is 7.25. The van der Waals surface area contributed by atoms with Crippen LogP contribution < -0.4 is 10.1 Å². The number of nitrogens with one attached hydrogen (secondary N) is 2. The van der Waals surface area contributed by atoms with Gasteiger partial charge in [0.05, 0.1) is 11.1 Å². The van der Waals surface area contributed by atoms with Crippen molar-refractivity contribution in [3.05, 3.63) is 74.3 Å². The Balaban J connectivity index is 0.00000231. The summed E-state index contributed by atoms with van der Waals surface area (Å²) in [6, 6.07) is 17.1. The average Bonchev–Trinajstić information content (AvgIpc) is 2.94. The zero-order chi connectivity index (χ0) is 20.5. The fourth-order valence-electron chi connectivity index (χ4n) is 4.50. The lowest BCUT2D eigenvalue weighted by Gasteiger charge is -2.11. The monoisotopic (exact) mass is 562 g/mol. The molecule has 31 heavy (non-hydrogen) atoms. The molecule has 0 saturated carbocycles. The van der Waals surface area contributed by atoms with E-state index in [1.165, 1.54) is 38.5 Å². The second kappa shape index (κ2) is 9.95. The predicted molar refractivity (Wildman–Crippen MR) is 139 cm³/mol. The van der Waals surface area contributed by atoms with Crippen LogP contribution in [-0.2, 0) is 19.3 Å². The first-order valence-electron chi connectivity index (χ1n) is 10.5. The summed E-state index contributed by atoms with van der Waals surface area (Å²) in [7, 11) is 0. The maximum absolute atomic E-state index is 6.15. The van der Waals surface area contributed by atoms with Gasteiger partial charge in [-0.25, -0.2) is 0 Å². The van der Waals surface area contributed by atoms with Crippen molar-refractivity contribution in [3.8, 4) is 5.75 Å².